The molecule has 0 radical (unpaired) electrons. The van der Waals surface area contributed by atoms with Crippen LogP contribution in [0.1, 0.15) is 41.9 Å². The first-order valence-electron chi connectivity index (χ1n) is 12.6. The summed E-state index contributed by atoms with van der Waals surface area (Å²) in [7, 11) is 2.22. The molecule has 2 aliphatic rings. The smallest absolute Gasteiger partial charge is 0.0595 e. The molecule has 1 atom stereocenters. The minimum absolute atomic E-state index is 0.386. The maximum Gasteiger partial charge on any atom is 0.0595 e. The summed E-state index contributed by atoms with van der Waals surface area (Å²) in [5.74, 6) is 1.66. The number of likely N-dealkylation sites (tertiary alicyclic amines) is 1. The van der Waals surface area contributed by atoms with Gasteiger partial charge in [0.2, 0.25) is 0 Å². The molecule has 2 heterocycles. The van der Waals surface area contributed by atoms with Crippen LogP contribution in [0.25, 0.3) is 0 Å². The van der Waals surface area contributed by atoms with Gasteiger partial charge in [-0.2, -0.15) is 0 Å². The average molecular weight is 526 g/mol. The third-order valence-corrected chi connectivity index (χ3v) is 9.91. The minimum atomic E-state index is 0.386. The first-order valence-corrected chi connectivity index (χ1v) is 14.4. The Balaban J connectivity index is 1.23. The van der Waals surface area contributed by atoms with Gasteiger partial charge in [-0.25, -0.2) is 0 Å². The van der Waals surface area contributed by atoms with E-state index in [0.717, 1.165) is 26.1 Å². The quantitative estimate of drug-likeness (QED) is 0.297. The Labute approximate surface area is 224 Å². The Morgan fingerprint density at radius 2 is 1.69 bits per heavy atom. The van der Waals surface area contributed by atoms with E-state index >= 15 is 0 Å². The number of rotatable bonds is 8. The van der Waals surface area contributed by atoms with Gasteiger partial charge < -0.3 is 9.80 Å². The predicted octanol–water partition coefficient (Wildman–Crippen LogP) is 7.74. The number of benzene rings is 3. The number of halogens is 2. The molecule has 0 aromatic heterocycles. The van der Waals surface area contributed by atoms with Gasteiger partial charge in [0.25, 0.3) is 0 Å². The molecule has 0 unspecified atom stereocenters. The Morgan fingerprint density at radius 1 is 0.943 bits per heavy atom. The summed E-state index contributed by atoms with van der Waals surface area (Å²) in [4.78, 5) is 6.61. The standard InChI is InChI=1S/C30H34Cl2N2S/c1-33(20-23-7-3-2-4-8-23)21-25(24-11-12-27(31)28(32)19-24)13-16-34-17-14-30(15-18-34)22-35-29-10-6-5-9-26(29)30/h2-12,19,25H,13-18,20-22H2,1H3/t25-/m1/s1. The lowest BCUT2D eigenvalue weighted by Crippen LogP contribution is -2.43. The lowest BCUT2D eigenvalue weighted by atomic mass is 9.74. The zero-order valence-corrected chi connectivity index (χ0v) is 22.8. The fourth-order valence-electron chi connectivity index (χ4n) is 5.75. The van der Waals surface area contributed by atoms with Crippen LogP contribution in [0.15, 0.2) is 77.7 Å². The fraction of sp³-hybridized carbons (Fsp3) is 0.400. The minimum Gasteiger partial charge on any atom is -0.303 e. The fourth-order valence-corrected chi connectivity index (χ4v) is 7.54. The molecule has 0 N–H and O–H groups in total. The molecule has 5 heteroatoms. The molecule has 0 amide bonds. The van der Waals surface area contributed by atoms with Crippen molar-refractivity contribution in [2.24, 2.45) is 0 Å². The summed E-state index contributed by atoms with van der Waals surface area (Å²) in [6.07, 6.45) is 3.65. The molecule has 0 saturated carbocycles. The van der Waals surface area contributed by atoms with Crippen molar-refractivity contribution in [3.05, 3.63) is 99.5 Å². The molecule has 35 heavy (non-hydrogen) atoms. The van der Waals surface area contributed by atoms with E-state index in [-0.39, 0.29) is 0 Å². The third-order valence-electron chi connectivity index (χ3n) is 7.81. The van der Waals surface area contributed by atoms with Gasteiger partial charge in [0.05, 0.1) is 10.0 Å². The van der Waals surface area contributed by atoms with Gasteiger partial charge in [0.1, 0.15) is 0 Å². The number of hydrogen-bond donors (Lipinski definition) is 0. The van der Waals surface area contributed by atoms with E-state index in [1.165, 1.54) is 47.7 Å². The lowest BCUT2D eigenvalue weighted by molar-refractivity contribution is 0.163. The zero-order valence-electron chi connectivity index (χ0n) is 20.4. The average Bonchev–Trinajstić information content (AvgIpc) is 3.23. The molecule has 5 rings (SSSR count). The number of hydrogen-bond acceptors (Lipinski definition) is 3. The summed E-state index contributed by atoms with van der Waals surface area (Å²) >= 11 is 14.7. The number of thioether (sulfide) groups is 1. The van der Waals surface area contributed by atoms with Crippen molar-refractivity contribution in [1.29, 1.82) is 0 Å². The van der Waals surface area contributed by atoms with E-state index in [9.17, 15) is 0 Å². The van der Waals surface area contributed by atoms with Crippen LogP contribution in [0, 0.1) is 0 Å². The highest BCUT2D eigenvalue weighted by atomic mass is 35.5. The van der Waals surface area contributed by atoms with E-state index in [2.05, 4.69) is 95.3 Å². The molecule has 3 aromatic carbocycles. The molecular weight excluding hydrogens is 491 g/mol. The van der Waals surface area contributed by atoms with E-state index in [1.54, 1.807) is 5.56 Å². The highest BCUT2D eigenvalue weighted by molar-refractivity contribution is 7.99. The Kier molecular flexibility index (Phi) is 8.11. The second-order valence-electron chi connectivity index (χ2n) is 10.2. The summed E-state index contributed by atoms with van der Waals surface area (Å²) < 4.78 is 0. The van der Waals surface area contributed by atoms with Crippen LogP contribution in [0.5, 0.6) is 0 Å². The Morgan fingerprint density at radius 3 is 2.46 bits per heavy atom. The number of nitrogens with zero attached hydrogens (tertiary/aromatic N) is 2. The Bertz CT molecular complexity index is 1130. The van der Waals surface area contributed by atoms with Crippen molar-refractivity contribution in [1.82, 2.24) is 9.80 Å². The third kappa shape index (κ3) is 5.92. The summed E-state index contributed by atoms with van der Waals surface area (Å²) in [5, 5.41) is 1.28. The second kappa shape index (κ2) is 11.3. The molecular formula is C30H34Cl2N2S. The molecule has 1 spiro atoms. The molecule has 0 aliphatic carbocycles. The van der Waals surface area contributed by atoms with Crippen LogP contribution in [-0.4, -0.2) is 48.8 Å². The predicted molar refractivity (Wildman–Crippen MR) is 151 cm³/mol. The first-order chi connectivity index (χ1) is 17.0. The molecule has 0 bridgehead atoms. The van der Waals surface area contributed by atoms with Gasteiger partial charge in [-0.15, -0.1) is 11.8 Å². The molecule has 2 aliphatic heterocycles. The largest absolute Gasteiger partial charge is 0.303 e. The van der Waals surface area contributed by atoms with Gasteiger partial charge in [-0.1, -0.05) is 77.8 Å². The van der Waals surface area contributed by atoms with Crippen LogP contribution < -0.4 is 0 Å². The molecule has 184 valence electrons. The van der Waals surface area contributed by atoms with Crippen LogP contribution in [0.4, 0.5) is 0 Å². The van der Waals surface area contributed by atoms with Crippen molar-refractivity contribution in [3.63, 3.8) is 0 Å². The van der Waals surface area contributed by atoms with Crippen molar-refractivity contribution < 1.29 is 0 Å². The number of fused-ring (bicyclic) bond motifs is 2. The molecule has 1 saturated heterocycles. The van der Waals surface area contributed by atoms with Gasteiger partial charge >= 0.3 is 0 Å². The van der Waals surface area contributed by atoms with Gasteiger partial charge in [-0.05, 0) is 86.8 Å². The van der Waals surface area contributed by atoms with E-state index in [1.807, 2.05) is 6.07 Å². The van der Waals surface area contributed by atoms with Crippen molar-refractivity contribution in [2.75, 3.05) is 39.0 Å². The van der Waals surface area contributed by atoms with E-state index < -0.39 is 0 Å². The highest BCUT2D eigenvalue weighted by Gasteiger charge is 2.41. The maximum atomic E-state index is 6.43. The van der Waals surface area contributed by atoms with Gasteiger partial charge in [0, 0.05) is 29.2 Å². The van der Waals surface area contributed by atoms with E-state index in [4.69, 9.17) is 23.2 Å². The van der Waals surface area contributed by atoms with Crippen molar-refractivity contribution in [3.8, 4) is 0 Å². The van der Waals surface area contributed by atoms with E-state index in [0.29, 0.717) is 21.4 Å². The van der Waals surface area contributed by atoms with Crippen LogP contribution >= 0.6 is 35.0 Å². The Hall–Kier alpha value is -1.49. The van der Waals surface area contributed by atoms with Crippen LogP contribution in [0.3, 0.4) is 0 Å². The van der Waals surface area contributed by atoms with Crippen LogP contribution in [0.2, 0.25) is 10.0 Å². The topological polar surface area (TPSA) is 6.48 Å². The summed E-state index contributed by atoms with van der Waals surface area (Å²) in [5.41, 5.74) is 4.62. The normalized spacial score (nSPS) is 18.2. The van der Waals surface area contributed by atoms with Crippen molar-refractivity contribution >= 4 is 35.0 Å². The molecule has 3 aromatic rings. The maximum absolute atomic E-state index is 6.43. The SMILES string of the molecule is CN(Cc1ccccc1)C[C@@H](CCN1CCC2(CC1)CSc1ccccc12)c1ccc(Cl)c(Cl)c1. The molecule has 1 fully saturated rings. The summed E-state index contributed by atoms with van der Waals surface area (Å²) in [6.45, 7) is 5.43. The molecule has 2 nitrogen and oxygen atoms in total. The highest BCUT2D eigenvalue weighted by Crippen LogP contribution is 2.49. The lowest BCUT2D eigenvalue weighted by Gasteiger charge is -2.40. The van der Waals surface area contributed by atoms with Gasteiger partial charge in [-0.3, -0.25) is 0 Å². The number of likely N-dealkylation sites (N-methyl/N-ethyl adjacent to an activating group) is 1. The zero-order chi connectivity index (χ0) is 24.3. The van der Waals surface area contributed by atoms with Gasteiger partial charge in [0.15, 0.2) is 0 Å². The first kappa shape index (κ1) is 25.2. The van der Waals surface area contributed by atoms with Crippen molar-refractivity contribution in [2.45, 2.75) is 42.0 Å². The summed E-state index contributed by atoms with van der Waals surface area (Å²) in [6, 6.07) is 26.0. The monoisotopic (exact) mass is 524 g/mol. The van der Waals surface area contributed by atoms with Crippen LogP contribution in [-0.2, 0) is 12.0 Å². The second-order valence-corrected chi connectivity index (χ2v) is 12.1. The number of piperidine rings is 1.